The molecule has 6 nitrogen and oxygen atoms in total. The number of carbonyl (C=O) groups excluding carboxylic acids is 1. The van der Waals surface area contributed by atoms with Gasteiger partial charge in [0.1, 0.15) is 11.9 Å². The Morgan fingerprint density at radius 2 is 2.16 bits per heavy atom. The Morgan fingerprint density at radius 3 is 2.96 bits per heavy atom. The summed E-state index contributed by atoms with van der Waals surface area (Å²) in [5.74, 6) is -0.672. The van der Waals surface area contributed by atoms with Gasteiger partial charge in [-0.25, -0.2) is 14.2 Å². The highest BCUT2D eigenvalue weighted by atomic mass is 32.1. The van der Waals surface area contributed by atoms with Crippen molar-refractivity contribution >= 4 is 49.5 Å². The van der Waals surface area contributed by atoms with Gasteiger partial charge in [0, 0.05) is 11.9 Å². The Hall–Kier alpha value is -2.74. The van der Waals surface area contributed by atoms with Crippen LogP contribution in [0.2, 0.25) is 0 Å². The third-order valence-electron chi connectivity index (χ3n) is 4.36. The van der Waals surface area contributed by atoms with Crippen LogP contribution in [0.3, 0.4) is 0 Å². The van der Waals surface area contributed by atoms with E-state index >= 15 is 0 Å². The second kappa shape index (κ2) is 5.96. The number of thiazole rings is 1. The number of halogens is 1. The highest BCUT2D eigenvalue weighted by Gasteiger charge is 2.34. The maximum Gasteiger partial charge on any atom is 0.407 e. The van der Waals surface area contributed by atoms with Crippen molar-refractivity contribution in [3.63, 3.8) is 0 Å². The second-order valence-corrected chi connectivity index (χ2v) is 6.92. The molecule has 0 unspecified atom stereocenters. The number of hydrogen-bond donors (Lipinski definition) is 2. The number of benzene rings is 2. The molecule has 0 aliphatic carbocycles. The SMILES string of the molecule is O=C(Nc1nc2ccc3cc(F)ccc3c2s1)[C@@H]1CCCN1C(=O)O. The van der Waals surface area contributed by atoms with Gasteiger partial charge in [0.05, 0.1) is 10.2 Å². The molecule has 25 heavy (non-hydrogen) atoms. The summed E-state index contributed by atoms with van der Waals surface area (Å²) in [7, 11) is 0. The van der Waals surface area contributed by atoms with E-state index in [2.05, 4.69) is 10.3 Å². The lowest BCUT2D eigenvalue weighted by Gasteiger charge is -2.19. The number of likely N-dealkylation sites (tertiary alicyclic amines) is 1. The van der Waals surface area contributed by atoms with Crippen molar-refractivity contribution < 1.29 is 19.1 Å². The number of fused-ring (bicyclic) bond motifs is 3. The lowest BCUT2D eigenvalue weighted by atomic mass is 10.1. The summed E-state index contributed by atoms with van der Waals surface area (Å²) in [5, 5.41) is 13.9. The first-order chi connectivity index (χ1) is 12.0. The summed E-state index contributed by atoms with van der Waals surface area (Å²) in [4.78, 5) is 29.1. The Kier molecular flexibility index (Phi) is 3.76. The molecule has 1 fully saturated rings. The fraction of sp³-hybridized carbons (Fsp3) is 0.235. The van der Waals surface area contributed by atoms with Gasteiger partial charge in [0.25, 0.3) is 0 Å². The van der Waals surface area contributed by atoms with E-state index in [1.165, 1.54) is 23.5 Å². The van der Waals surface area contributed by atoms with Gasteiger partial charge >= 0.3 is 6.09 Å². The first-order valence-electron chi connectivity index (χ1n) is 7.82. The van der Waals surface area contributed by atoms with Gasteiger partial charge in [-0.2, -0.15) is 0 Å². The molecule has 0 spiro atoms. The van der Waals surface area contributed by atoms with Gasteiger partial charge in [0.15, 0.2) is 5.13 Å². The minimum absolute atomic E-state index is 0.306. The number of hydrogen-bond acceptors (Lipinski definition) is 4. The van der Waals surface area contributed by atoms with E-state index in [1.807, 2.05) is 0 Å². The number of nitrogens with zero attached hydrogens (tertiary/aromatic N) is 2. The fourth-order valence-corrected chi connectivity index (χ4v) is 4.20. The Labute approximate surface area is 145 Å². The van der Waals surface area contributed by atoms with Gasteiger partial charge in [-0.05, 0) is 42.5 Å². The van der Waals surface area contributed by atoms with Crippen LogP contribution < -0.4 is 5.32 Å². The highest BCUT2D eigenvalue weighted by molar-refractivity contribution is 7.23. The van der Waals surface area contributed by atoms with Crippen LogP contribution in [0.15, 0.2) is 30.3 Å². The molecular weight excluding hydrogens is 345 g/mol. The summed E-state index contributed by atoms with van der Waals surface area (Å²) in [6, 6.07) is 7.42. The molecule has 2 N–H and O–H groups in total. The summed E-state index contributed by atoms with van der Waals surface area (Å²) < 4.78 is 14.2. The van der Waals surface area contributed by atoms with E-state index in [0.717, 1.165) is 20.4 Å². The van der Waals surface area contributed by atoms with E-state index in [1.54, 1.807) is 18.2 Å². The van der Waals surface area contributed by atoms with Crippen LogP contribution in [-0.4, -0.2) is 39.6 Å². The lowest BCUT2D eigenvalue weighted by Crippen LogP contribution is -2.42. The molecule has 2 amide bonds. The average Bonchev–Trinajstić information content (AvgIpc) is 3.20. The molecule has 0 radical (unpaired) electrons. The van der Waals surface area contributed by atoms with E-state index in [9.17, 15) is 14.0 Å². The third kappa shape index (κ3) is 2.78. The van der Waals surface area contributed by atoms with Gasteiger partial charge in [-0.3, -0.25) is 9.69 Å². The minimum atomic E-state index is -1.09. The molecular formula is C17H14FN3O3S. The summed E-state index contributed by atoms with van der Waals surface area (Å²) in [6.45, 7) is 0.365. The predicted molar refractivity (Wildman–Crippen MR) is 93.5 cm³/mol. The number of rotatable bonds is 2. The Bertz CT molecular complexity index is 1000. The first-order valence-corrected chi connectivity index (χ1v) is 8.64. The van der Waals surface area contributed by atoms with Gasteiger partial charge in [-0.15, -0.1) is 0 Å². The van der Waals surface area contributed by atoms with Crippen molar-refractivity contribution in [1.29, 1.82) is 0 Å². The molecule has 128 valence electrons. The molecule has 4 rings (SSSR count). The molecule has 1 aliphatic heterocycles. The van der Waals surface area contributed by atoms with E-state index in [4.69, 9.17) is 5.11 Å². The van der Waals surface area contributed by atoms with Crippen LogP contribution in [0.25, 0.3) is 21.0 Å². The van der Waals surface area contributed by atoms with E-state index in [-0.39, 0.29) is 11.7 Å². The van der Waals surface area contributed by atoms with E-state index in [0.29, 0.717) is 30.0 Å². The molecule has 2 aromatic carbocycles. The van der Waals surface area contributed by atoms with Crippen molar-refractivity contribution in [2.24, 2.45) is 0 Å². The summed E-state index contributed by atoms with van der Waals surface area (Å²) >= 11 is 1.30. The molecule has 1 atom stereocenters. The fourth-order valence-electron chi connectivity index (χ4n) is 3.20. The largest absolute Gasteiger partial charge is 0.465 e. The molecule has 8 heteroatoms. The van der Waals surface area contributed by atoms with Crippen molar-refractivity contribution in [3.05, 3.63) is 36.1 Å². The normalized spacial score (nSPS) is 17.3. The average molecular weight is 359 g/mol. The van der Waals surface area contributed by atoms with Crippen molar-refractivity contribution in [1.82, 2.24) is 9.88 Å². The highest BCUT2D eigenvalue weighted by Crippen LogP contribution is 2.33. The monoisotopic (exact) mass is 359 g/mol. The van der Waals surface area contributed by atoms with Crippen molar-refractivity contribution in [2.75, 3.05) is 11.9 Å². The van der Waals surface area contributed by atoms with Crippen LogP contribution in [0.4, 0.5) is 14.3 Å². The van der Waals surface area contributed by atoms with Crippen LogP contribution >= 0.6 is 11.3 Å². The van der Waals surface area contributed by atoms with Gasteiger partial charge in [0.2, 0.25) is 5.91 Å². The van der Waals surface area contributed by atoms with Crippen LogP contribution in [0.5, 0.6) is 0 Å². The maximum absolute atomic E-state index is 13.4. The van der Waals surface area contributed by atoms with E-state index < -0.39 is 12.1 Å². The van der Waals surface area contributed by atoms with Crippen molar-refractivity contribution in [2.45, 2.75) is 18.9 Å². The Balaban J connectivity index is 1.65. The topological polar surface area (TPSA) is 82.5 Å². The number of anilines is 1. The maximum atomic E-state index is 13.4. The number of aromatic nitrogens is 1. The smallest absolute Gasteiger partial charge is 0.407 e. The number of carboxylic acid groups (broad SMARTS) is 1. The molecule has 3 aromatic rings. The number of carbonyl (C=O) groups is 2. The zero-order valence-electron chi connectivity index (χ0n) is 13.0. The second-order valence-electron chi connectivity index (χ2n) is 5.92. The first kappa shape index (κ1) is 15.8. The standard InChI is InChI=1S/C17H14FN3O3S/c18-10-4-5-11-9(8-10)3-6-12-14(11)25-16(19-12)20-15(22)13-2-1-7-21(13)17(23)24/h3-6,8,13H,1-2,7H2,(H,23,24)(H,19,20,22)/t13-/m0/s1. The summed E-state index contributed by atoms with van der Waals surface area (Å²) in [6.07, 6.45) is 0.0843. The van der Waals surface area contributed by atoms with Crippen LogP contribution in [0.1, 0.15) is 12.8 Å². The molecule has 0 saturated carbocycles. The molecule has 0 bridgehead atoms. The van der Waals surface area contributed by atoms with Crippen LogP contribution in [-0.2, 0) is 4.79 Å². The third-order valence-corrected chi connectivity index (χ3v) is 5.38. The minimum Gasteiger partial charge on any atom is -0.465 e. The van der Waals surface area contributed by atoms with Gasteiger partial charge in [-0.1, -0.05) is 17.4 Å². The number of nitrogens with one attached hydrogen (secondary N) is 1. The quantitative estimate of drug-likeness (QED) is 0.731. The predicted octanol–water partition coefficient (Wildman–Crippen LogP) is 3.67. The summed E-state index contributed by atoms with van der Waals surface area (Å²) in [5.41, 5.74) is 0.709. The zero-order valence-corrected chi connectivity index (χ0v) is 13.8. The molecule has 1 saturated heterocycles. The lowest BCUT2D eigenvalue weighted by molar-refractivity contribution is -0.119. The number of amides is 2. The Morgan fingerprint density at radius 1 is 1.32 bits per heavy atom. The molecule has 1 aliphatic rings. The molecule has 1 aromatic heterocycles. The van der Waals surface area contributed by atoms with Crippen LogP contribution in [0, 0.1) is 5.82 Å². The zero-order chi connectivity index (χ0) is 17.6. The molecule has 2 heterocycles. The van der Waals surface area contributed by atoms with Crippen molar-refractivity contribution in [3.8, 4) is 0 Å². The van der Waals surface area contributed by atoms with Gasteiger partial charge < -0.3 is 10.4 Å².